The molecule has 0 amide bonds. The van der Waals surface area contributed by atoms with Crippen LogP contribution < -0.4 is 25.9 Å². The molecule has 7 heteroatoms. The molecule has 1 aliphatic rings. The molecule has 1 aliphatic heterocycles. The van der Waals surface area contributed by atoms with Crippen LogP contribution in [0.1, 0.15) is 5.56 Å². The van der Waals surface area contributed by atoms with Gasteiger partial charge in [-0.15, -0.1) is 10.2 Å². The topological polar surface area (TPSA) is 34.0 Å². The van der Waals surface area contributed by atoms with E-state index in [2.05, 4.69) is 10.2 Å². The smallest absolute Gasteiger partial charge is 0.442 e. The van der Waals surface area contributed by atoms with Gasteiger partial charge in [0.25, 0.3) is 0 Å². The first-order valence-corrected chi connectivity index (χ1v) is 8.50. The number of alkyl halides is 3. The van der Waals surface area contributed by atoms with Crippen molar-refractivity contribution >= 4 is 0 Å². The minimum Gasteiger partial charge on any atom is -0.497 e. The van der Waals surface area contributed by atoms with E-state index in [9.17, 15) is 13.2 Å². The van der Waals surface area contributed by atoms with Gasteiger partial charge in [-0.05, 0) is 36.4 Å². The normalized spacial score (nSPS) is 15.6. The SMILES string of the molecule is COc1ccc([I+]c2cccc(C3(C(F)(F)F)N=N3)c2)cc1. The van der Waals surface area contributed by atoms with Crippen molar-refractivity contribution in [2.75, 3.05) is 7.11 Å². The Kier molecular flexibility index (Phi) is 3.84. The molecule has 2 aromatic carbocycles. The molecule has 0 saturated carbocycles. The van der Waals surface area contributed by atoms with Crippen molar-refractivity contribution in [1.29, 1.82) is 0 Å². The number of methoxy groups -OCH3 is 1. The Morgan fingerprint density at radius 1 is 1.00 bits per heavy atom. The molecule has 0 spiro atoms. The second-order valence-electron chi connectivity index (χ2n) is 4.63. The molecule has 0 aliphatic carbocycles. The van der Waals surface area contributed by atoms with Crippen LogP contribution in [0, 0.1) is 7.14 Å². The molecule has 2 aromatic rings. The van der Waals surface area contributed by atoms with Gasteiger partial charge >= 0.3 is 33.0 Å². The van der Waals surface area contributed by atoms with Crippen LogP contribution in [-0.4, -0.2) is 13.3 Å². The molecule has 0 fully saturated rings. The van der Waals surface area contributed by atoms with Gasteiger partial charge in [0.05, 0.1) is 7.11 Å². The molecule has 1 heterocycles. The summed E-state index contributed by atoms with van der Waals surface area (Å²) in [6, 6.07) is 14.0. The first-order valence-electron chi connectivity index (χ1n) is 6.35. The van der Waals surface area contributed by atoms with Crippen molar-refractivity contribution in [3.8, 4) is 5.75 Å². The standard InChI is InChI=1S/C15H11F3IN2O/c1-22-13-7-5-11(6-8-13)19-12-4-2-3-10(9-12)14(20-21-14)15(16,17)18/h2-9H,1H3/q+1. The van der Waals surface area contributed by atoms with Crippen molar-refractivity contribution in [2.45, 2.75) is 11.8 Å². The Hall–Kier alpha value is -1.64. The molecule has 0 bridgehead atoms. The van der Waals surface area contributed by atoms with Gasteiger partial charge in [-0.3, -0.25) is 0 Å². The van der Waals surface area contributed by atoms with Gasteiger partial charge < -0.3 is 4.74 Å². The highest BCUT2D eigenvalue weighted by atomic mass is 127. The summed E-state index contributed by atoms with van der Waals surface area (Å²) in [4.78, 5) is 0. The third-order valence-electron chi connectivity index (χ3n) is 3.19. The second kappa shape index (κ2) is 5.53. The molecular weight excluding hydrogens is 408 g/mol. The Morgan fingerprint density at radius 2 is 1.68 bits per heavy atom. The van der Waals surface area contributed by atoms with Crippen LogP contribution in [0.4, 0.5) is 13.2 Å². The minimum absolute atomic E-state index is 0.0886. The van der Waals surface area contributed by atoms with E-state index in [-0.39, 0.29) is 5.56 Å². The zero-order chi connectivity index (χ0) is 15.8. The number of benzene rings is 2. The maximum absolute atomic E-state index is 13.0. The summed E-state index contributed by atoms with van der Waals surface area (Å²) in [5.74, 6) is 0.758. The lowest BCUT2D eigenvalue weighted by atomic mass is 10.0. The fourth-order valence-electron chi connectivity index (χ4n) is 1.97. The monoisotopic (exact) mass is 419 g/mol. The van der Waals surface area contributed by atoms with Gasteiger partial charge in [0.1, 0.15) is 5.75 Å². The fourth-order valence-corrected chi connectivity index (χ4v) is 4.28. The number of ether oxygens (including phenoxy) is 1. The van der Waals surface area contributed by atoms with E-state index < -0.39 is 33.0 Å². The third-order valence-corrected chi connectivity index (χ3v) is 5.83. The van der Waals surface area contributed by atoms with Crippen LogP contribution in [0.5, 0.6) is 5.75 Å². The van der Waals surface area contributed by atoms with E-state index >= 15 is 0 Å². The van der Waals surface area contributed by atoms with E-state index in [1.165, 1.54) is 6.07 Å². The molecule has 22 heavy (non-hydrogen) atoms. The van der Waals surface area contributed by atoms with Crippen molar-refractivity contribution in [3.63, 3.8) is 0 Å². The zero-order valence-electron chi connectivity index (χ0n) is 11.4. The number of rotatable bonds is 4. The van der Waals surface area contributed by atoms with Crippen LogP contribution in [0.2, 0.25) is 0 Å². The fraction of sp³-hybridized carbons (Fsp3) is 0.200. The zero-order valence-corrected chi connectivity index (χ0v) is 13.6. The molecule has 3 nitrogen and oxygen atoms in total. The summed E-state index contributed by atoms with van der Waals surface area (Å²) in [5, 5.41) is 6.48. The molecule has 3 rings (SSSR count). The van der Waals surface area contributed by atoms with E-state index in [1.807, 2.05) is 30.3 Å². The highest BCUT2D eigenvalue weighted by Gasteiger charge is 2.65. The summed E-state index contributed by atoms with van der Waals surface area (Å²) in [5.41, 5.74) is -2.25. The van der Waals surface area contributed by atoms with Crippen LogP contribution in [0.15, 0.2) is 58.8 Å². The predicted octanol–water partition coefficient (Wildman–Crippen LogP) is 1.00. The Morgan fingerprint density at radius 3 is 2.23 bits per heavy atom. The molecule has 0 unspecified atom stereocenters. The number of hydrogen-bond acceptors (Lipinski definition) is 3. The van der Waals surface area contributed by atoms with E-state index in [0.717, 1.165) is 12.9 Å². The Labute approximate surface area is 135 Å². The molecule has 0 aromatic heterocycles. The lowest BCUT2D eigenvalue weighted by molar-refractivity contribution is -0.597. The van der Waals surface area contributed by atoms with Crippen LogP contribution in [-0.2, 0) is 5.66 Å². The van der Waals surface area contributed by atoms with Crippen LogP contribution in [0.25, 0.3) is 0 Å². The van der Waals surface area contributed by atoms with Gasteiger partial charge in [0.15, 0.2) is 7.14 Å². The maximum atomic E-state index is 13.0. The van der Waals surface area contributed by atoms with Gasteiger partial charge in [0, 0.05) is 5.56 Å². The number of halogens is 4. The highest BCUT2D eigenvalue weighted by molar-refractivity contribution is 5.29. The molecule has 0 atom stereocenters. The quantitative estimate of drug-likeness (QED) is 0.682. The van der Waals surface area contributed by atoms with Crippen molar-refractivity contribution < 1.29 is 39.1 Å². The summed E-state index contributed by atoms with van der Waals surface area (Å²) in [7, 11) is 1.59. The predicted molar refractivity (Wildman–Crippen MR) is 69.4 cm³/mol. The summed E-state index contributed by atoms with van der Waals surface area (Å²) < 4.78 is 46.2. The Balaban J connectivity index is 1.82. The average molecular weight is 419 g/mol. The Bertz CT molecular complexity index is 707. The summed E-state index contributed by atoms with van der Waals surface area (Å²) in [6.45, 7) is 0. The van der Waals surface area contributed by atoms with Crippen LogP contribution >= 0.6 is 0 Å². The number of hydrogen-bond donors (Lipinski definition) is 0. The van der Waals surface area contributed by atoms with E-state index in [0.29, 0.717) is 0 Å². The average Bonchev–Trinajstić information content (AvgIpc) is 3.30. The van der Waals surface area contributed by atoms with E-state index in [1.54, 1.807) is 19.2 Å². The van der Waals surface area contributed by atoms with Crippen molar-refractivity contribution in [3.05, 3.63) is 61.2 Å². The lowest BCUT2D eigenvalue weighted by Gasteiger charge is -2.14. The molecule has 114 valence electrons. The van der Waals surface area contributed by atoms with Gasteiger partial charge in [0.2, 0.25) is 0 Å². The first kappa shape index (κ1) is 15.3. The summed E-state index contributed by atoms with van der Waals surface area (Å²) >= 11 is -0.570. The molecule has 0 radical (unpaired) electrons. The van der Waals surface area contributed by atoms with Gasteiger partial charge in [-0.25, -0.2) is 0 Å². The third kappa shape index (κ3) is 2.81. The molecule has 0 saturated heterocycles. The molecule has 0 N–H and O–H groups in total. The van der Waals surface area contributed by atoms with Gasteiger partial charge in [-0.2, -0.15) is 13.2 Å². The minimum atomic E-state index is -4.48. The largest absolute Gasteiger partial charge is 0.497 e. The summed E-state index contributed by atoms with van der Waals surface area (Å²) in [6.07, 6.45) is -4.48. The maximum Gasteiger partial charge on any atom is 0.442 e. The van der Waals surface area contributed by atoms with Crippen LogP contribution in [0.3, 0.4) is 0 Å². The van der Waals surface area contributed by atoms with Crippen molar-refractivity contribution in [2.24, 2.45) is 10.2 Å². The van der Waals surface area contributed by atoms with E-state index in [4.69, 9.17) is 4.74 Å². The highest BCUT2D eigenvalue weighted by Crippen LogP contribution is 2.52. The van der Waals surface area contributed by atoms with Gasteiger partial charge in [-0.1, -0.05) is 12.1 Å². The second-order valence-corrected chi connectivity index (χ2v) is 7.66. The van der Waals surface area contributed by atoms with Crippen molar-refractivity contribution in [1.82, 2.24) is 0 Å². The molecular formula is C15H11F3IN2O+. The number of nitrogens with zero attached hydrogens (tertiary/aromatic N) is 2. The lowest BCUT2D eigenvalue weighted by Crippen LogP contribution is -3.61. The first-order chi connectivity index (χ1) is 10.4.